The Balaban J connectivity index is 1.36. The summed E-state index contributed by atoms with van der Waals surface area (Å²) in [4.78, 5) is 33.0. The molecule has 0 spiro atoms. The van der Waals surface area contributed by atoms with Crippen molar-refractivity contribution in [3.8, 4) is 5.75 Å². The molecule has 7 heteroatoms. The maximum absolute atomic E-state index is 11.5. The average Bonchev–Trinajstić information content (AvgIpc) is 2.73. The normalized spacial score (nSPS) is 15.1. The molecule has 0 saturated carbocycles. The van der Waals surface area contributed by atoms with Gasteiger partial charge in [-0.05, 0) is 36.2 Å². The summed E-state index contributed by atoms with van der Waals surface area (Å²) in [6.45, 7) is 4.88. The number of aromatic amines is 2. The number of nitrogens with one attached hydrogen (secondary N) is 2. The van der Waals surface area contributed by atoms with Crippen LogP contribution in [0.4, 0.5) is 5.69 Å². The van der Waals surface area contributed by atoms with Crippen LogP contribution in [0.2, 0.25) is 0 Å². The highest BCUT2D eigenvalue weighted by atomic mass is 16.5. The van der Waals surface area contributed by atoms with E-state index in [2.05, 4.69) is 25.8 Å². The fourth-order valence-corrected chi connectivity index (χ4v) is 3.71. The summed E-state index contributed by atoms with van der Waals surface area (Å²) in [6.07, 6.45) is 0.895. The van der Waals surface area contributed by atoms with Gasteiger partial charge in [-0.25, -0.2) is 0 Å². The van der Waals surface area contributed by atoms with E-state index in [1.807, 2.05) is 36.4 Å². The van der Waals surface area contributed by atoms with Gasteiger partial charge in [-0.1, -0.05) is 18.2 Å². The predicted molar refractivity (Wildman–Crippen MR) is 111 cm³/mol. The largest absolute Gasteiger partial charge is 0.495 e. The number of piperazine rings is 1. The number of methoxy groups -OCH3 is 1. The van der Waals surface area contributed by atoms with Gasteiger partial charge in [0.25, 0.3) is 0 Å². The molecule has 1 aliphatic heterocycles. The molecule has 0 radical (unpaired) electrons. The van der Waals surface area contributed by atoms with Gasteiger partial charge in [0, 0.05) is 32.7 Å². The molecule has 1 saturated heterocycles. The van der Waals surface area contributed by atoms with Crippen LogP contribution < -0.4 is 20.8 Å². The minimum atomic E-state index is -0.617. The molecule has 7 nitrogen and oxygen atoms in total. The van der Waals surface area contributed by atoms with Gasteiger partial charge in [-0.3, -0.25) is 14.5 Å². The molecule has 2 N–H and O–H groups in total. The van der Waals surface area contributed by atoms with E-state index in [1.54, 1.807) is 7.11 Å². The number of hydrogen-bond donors (Lipinski definition) is 2. The van der Waals surface area contributed by atoms with Crippen LogP contribution in [0.15, 0.2) is 52.1 Å². The van der Waals surface area contributed by atoms with Gasteiger partial charge in [-0.2, -0.15) is 0 Å². The first kappa shape index (κ1) is 18.3. The van der Waals surface area contributed by atoms with Crippen molar-refractivity contribution in [3.63, 3.8) is 0 Å². The predicted octanol–water partition coefficient (Wildman–Crippen LogP) is 1.59. The number of H-pyrrole nitrogens is 2. The standard InChI is InChI=1S/C21H24N4O3/c1-28-19-5-3-2-4-18(19)25-12-10-24(11-13-25)9-8-15-6-7-16-17(14-15)23-21(27)20(26)22-16/h2-7,14H,8-13H2,1H3,(H,22,26)(H,23,27). The third-order valence-corrected chi connectivity index (χ3v) is 5.30. The molecule has 2 aromatic carbocycles. The second-order valence-corrected chi connectivity index (χ2v) is 7.04. The molecular weight excluding hydrogens is 356 g/mol. The van der Waals surface area contributed by atoms with Crippen LogP contribution in [0.25, 0.3) is 11.0 Å². The fraction of sp³-hybridized carbons (Fsp3) is 0.333. The van der Waals surface area contributed by atoms with Crippen molar-refractivity contribution >= 4 is 16.7 Å². The smallest absolute Gasteiger partial charge is 0.314 e. The van der Waals surface area contributed by atoms with Crippen molar-refractivity contribution in [2.45, 2.75) is 6.42 Å². The summed E-state index contributed by atoms with van der Waals surface area (Å²) in [5.41, 5.74) is 2.38. The Labute approximate surface area is 162 Å². The average molecular weight is 380 g/mol. The van der Waals surface area contributed by atoms with E-state index < -0.39 is 11.1 Å². The lowest BCUT2D eigenvalue weighted by atomic mass is 10.1. The lowest BCUT2D eigenvalue weighted by Crippen LogP contribution is -2.47. The first-order valence-electron chi connectivity index (χ1n) is 9.49. The maximum atomic E-state index is 11.5. The number of rotatable bonds is 5. The molecule has 0 atom stereocenters. The molecule has 2 heterocycles. The molecule has 1 aromatic heterocycles. The Morgan fingerprint density at radius 3 is 2.39 bits per heavy atom. The van der Waals surface area contributed by atoms with E-state index in [0.717, 1.165) is 56.1 Å². The van der Waals surface area contributed by atoms with E-state index in [4.69, 9.17) is 4.74 Å². The Hall–Kier alpha value is -3.06. The van der Waals surface area contributed by atoms with Crippen LogP contribution in [0.5, 0.6) is 5.75 Å². The maximum Gasteiger partial charge on any atom is 0.314 e. The van der Waals surface area contributed by atoms with Crippen molar-refractivity contribution in [2.24, 2.45) is 0 Å². The highest BCUT2D eigenvalue weighted by Crippen LogP contribution is 2.28. The van der Waals surface area contributed by atoms with Crippen molar-refractivity contribution in [2.75, 3.05) is 44.7 Å². The molecule has 28 heavy (non-hydrogen) atoms. The number of hydrogen-bond acceptors (Lipinski definition) is 5. The Bertz CT molecular complexity index is 1080. The van der Waals surface area contributed by atoms with Gasteiger partial charge < -0.3 is 19.6 Å². The Morgan fingerprint density at radius 2 is 1.64 bits per heavy atom. The molecule has 3 aromatic rings. The van der Waals surface area contributed by atoms with Gasteiger partial charge in [0.15, 0.2) is 0 Å². The molecule has 4 rings (SSSR count). The van der Waals surface area contributed by atoms with Crippen LogP contribution in [-0.4, -0.2) is 54.7 Å². The van der Waals surface area contributed by atoms with Gasteiger partial charge >= 0.3 is 11.1 Å². The summed E-state index contributed by atoms with van der Waals surface area (Å²) >= 11 is 0. The van der Waals surface area contributed by atoms with Crippen LogP contribution in [-0.2, 0) is 6.42 Å². The zero-order valence-electron chi connectivity index (χ0n) is 15.9. The van der Waals surface area contributed by atoms with Gasteiger partial charge in [-0.15, -0.1) is 0 Å². The summed E-state index contributed by atoms with van der Waals surface area (Å²) in [6, 6.07) is 13.9. The Kier molecular flexibility index (Phi) is 5.16. The molecule has 0 amide bonds. The van der Waals surface area contributed by atoms with E-state index >= 15 is 0 Å². The quantitative estimate of drug-likeness (QED) is 0.657. The van der Waals surface area contributed by atoms with Crippen LogP contribution in [0.1, 0.15) is 5.56 Å². The summed E-state index contributed by atoms with van der Waals surface area (Å²) < 4.78 is 5.48. The molecule has 1 aliphatic rings. The monoisotopic (exact) mass is 380 g/mol. The zero-order chi connectivity index (χ0) is 19.5. The van der Waals surface area contributed by atoms with Crippen molar-refractivity contribution in [3.05, 3.63) is 68.7 Å². The lowest BCUT2D eigenvalue weighted by molar-refractivity contribution is 0.260. The number of nitrogens with zero attached hydrogens (tertiary/aromatic N) is 2. The zero-order valence-corrected chi connectivity index (χ0v) is 15.9. The highest BCUT2D eigenvalue weighted by Gasteiger charge is 2.19. The summed E-state index contributed by atoms with van der Waals surface area (Å²) in [5.74, 6) is 0.916. The fourth-order valence-electron chi connectivity index (χ4n) is 3.71. The highest BCUT2D eigenvalue weighted by molar-refractivity contribution is 5.74. The second kappa shape index (κ2) is 7.90. The molecule has 0 bridgehead atoms. The van der Waals surface area contributed by atoms with E-state index in [0.29, 0.717) is 11.0 Å². The first-order valence-corrected chi connectivity index (χ1v) is 9.49. The minimum Gasteiger partial charge on any atom is -0.495 e. The number of ether oxygens (including phenoxy) is 1. The van der Waals surface area contributed by atoms with Crippen molar-refractivity contribution < 1.29 is 4.74 Å². The van der Waals surface area contributed by atoms with Crippen LogP contribution >= 0.6 is 0 Å². The van der Waals surface area contributed by atoms with Crippen LogP contribution in [0.3, 0.4) is 0 Å². The third kappa shape index (κ3) is 3.80. The number of para-hydroxylation sites is 2. The van der Waals surface area contributed by atoms with Crippen LogP contribution in [0, 0.1) is 0 Å². The van der Waals surface area contributed by atoms with E-state index in [9.17, 15) is 9.59 Å². The van der Waals surface area contributed by atoms with Gasteiger partial charge in [0.1, 0.15) is 5.75 Å². The minimum absolute atomic E-state index is 0.614. The van der Waals surface area contributed by atoms with Crippen molar-refractivity contribution in [1.29, 1.82) is 0 Å². The molecule has 146 valence electrons. The summed E-state index contributed by atoms with van der Waals surface area (Å²) in [5, 5.41) is 0. The van der Waals surface area contributed by atoms with Crippen molar-refractivity contribution in [1.82, 2.24) is 14.9 Å². The first-order chi connectivity index (χ1) is 13.6. The number of anilines is 1. The lowest BCUT2D eigenvalue weighted by Gasteiger charge is -2.36. The SMILES string of the molecule is COc1ccccc1N1CCN(CCc2ccc3[nH]c(=O)c(=O)[nH]c3c2)CC1. The second-order valence-electron chi connectivity index (χ2n) is 7.04. The summed E-state index contributed by atoms with van der Waals surface area (Å²) in [7, 11) is 1.71. The number of aromatic nitrogens is 2. The topological polar surface area (TPSA) is 81.4 Å². The molecule has 0 unspecified atom stereocenters. The number of benzene rings is 2. The molecule has 1 fully saturated rings. The van der Waals surface area contributed by atoms with Gasteiger partial charge in [0.2, 0.25) is 0 Å². The van der Waals surface area contributed by atoms with E-state index in [-0.39, 0.29) is 0 Å². The molecular formula is C21H24N4O3. The van der Waals surface area contributed by atoms with Gasteiger partial charge in [0.05, 0.1) is 23.8 Å². The van der Waals surface area contributed by atoms with E-state index in [1.165, 1.54) is 0 Å². The third-order valence-electron chi connectivity index (χ3n) is 5.30. The number of fused-ring (bicyclic) bond motifs is 1. The molecule has 0 aliphatic carbocycles. The Morgan fingerprint density at radius 1 is 0.929 bits per heavy atom.